The molecule has 2 rings (SSSR count). The van der Waals surface area contributed by atoms with Crippen LogP contribution in [0.5, 0.6) is 0 Å². The minimum absolute atomic E-state index is 0.274. The lowest BCUT2D eigenvalue weighted by Gasteiger charge is -2.07. The molecule has 0 aliphatic rings. The molecule has 100 valence electrons. The van der Waals surface area contributed by atoms with Crippen molar-refractivity contribution in [3.05, 3.63) is 48.0 Å². The first-order valence-corrected chi connectivity index (χ1v) is 6.94. The number of Topliss-reactive ketones (excluding diaryl/α,β-unsaturated/α-hetero) is 1. The number of carbonyl (C=O) groups excluding carboxylic acids is 1. The maximum Gasteiger partial charge on any atom is 0.129 e. The SMILES string of the molecule is CC(=O)CCCNCCc1cccc2ccccc12. The van der Waals surface area contributed by atoms with E-state index < -0.39 is 0 Å². The summed E-state index contributed by atoms with van der Waals surface area (Å²) in [4.78, 5) is 10.8. The van der Waals surface area contributed by atoms with Crippen LogP contribution < -0.4 is 5.32 Å². The first-order valence-electron chi connectivity index (χ1n) is 6.94. The predicted octanol–water partition coefficient (Wildman–Crippen LogP) is 3.34. The molecule has 0 heterocycles. The summed E-state index contributed by atoms with van der Waals surface area (Å²) >= 11 is 0. The highest BCUT2D eigenvalue weighted by Gasteiger charge is 1.99. The molecule has 0 saturated heterocycles. The molecule has 2 nitrogen and oxygen atoms in total. The number of carbonyl (C=O) groups is 1. The fourth-order valence-corrected chi connectivity index (χ4v) is 2.32. The standard InChI is InChI=1S/C17H21NO/c1-14(19)6-5-12-18-13-11-16-9-4-8-15-7-2-3-10-17(15)16/h2-4,7-10,18H,5-6,11-13H2,1H3. The van der Waals surface area contributed by atoms with Crippen LogP contribution in [0, 0.1) is 0 Å². The predicted molar refractivity (Wildman–Crippen MR) is 80.4 cm³/mol. The molecule has 0 saturated carbocycles. The second kappa shape index (κ2) is 7.05. The van der Waals surface area contributed by atoms with Gasteiger partial charge in [0.05, 0.1) is 0 Å². The zero-order valence-electron chi connectivity index (χ0n) is 11.5. The van der Waals surface area contributed by atoms with Gasteiger partial charge in [-0.05, 0) is 49.2 Å². The smallest absolute Gasteiger partial charge is 0.129 e. The third-order valence-corrected chi connectivity index (χ3v) is 3.33. The topological polar surface area (TPSA) is 29.1 Å². The van der Waals surface area contributed by atoms with Crippen LogP contribution in [-0.4, -0.2) is 18.9 Å². The van der Waals surface area contributed by atoms with Crippen LogP contribution in [0.4, 0.5) is 0 Å². The van der Waals surface area contributed by atoms with Gasteiger partial charge >= 0.3 is 0 Å². The third kappa shape index (κ3) is 4.18. The summed E-state index contributed by atoms with van der Waals surface area (Å²) in [6.45, 7) is 3.53. The number of nitrogens with one attached hydrogen (secondary N) is 1. The monoisotopic (exact) mass is 255 g/mol. The summed E-state index contributed by atoms with van der Waals surface area (Å²) in [7, 11) is 0. The van der Waals surface area contributed by atoms with Gasteiger partial charge in [0, 0.05) is 6.42 Å². The molecule has 2 aromatic carbocycles. The molecule has 0 bridgehead atoms. The van der Waals surface area contributed by atoms with E-state index in [-0.39, 0.29) is 5.78 Å². The van der Waals surface area contributed by atoms with Crippen LogP contribution in [0.15, 0.2) is 42.5 Å². The van der Waals surface area contributed by atoms with Crippen molar-refractivity contribution in [2.75, 3.05) is 13.1 Å². The van der Waals surface area contributed by atoms with E-state index in [4.69, 9.17) is 0 Å². The van der Waals surface area contributed by atoms with Gasteiger partial charge in [0.1, 0.15) is 5.78 Å². The van der Waals surface area contributed by atoms with Crippen LogP contribution in [0.3, 0.4) is 0 Å². The lowest BCUT2D eigenvalue weighted by atomic mass is 10.0. The molecule has 0 atom stereocenters. The van der Waals surface area contributed by atoms with Crippen molar-refractivity contribution in [1.82, 2.24) is 5.32 Å². The Bertz CT molecular complexity index is 542. The summed E-state index contributed by atoms with van der Waals surface area (Å²) in [5.41, 5.74) is 1.39. The molecule has 2 aromatic rings. The van der Waals surface area contributed by atoms with Crippen LogP contribution in [-0.2, 0) is 11.2 Å². The average molecular weight is 255 g/mol. The van der Waals surface area contributed by atoms with Crippen LogP contribution in [0.1, 0.15) is 25.3 Å². The number of hydrogen-bond donors (Lipinski definition) is 1. The molecule has 19 heavy (non-hydrogen) atoms. The summed E-state index contributed by atoms with van der Waals surface area (Å²) in [5, 5.41) is 6.05. The van der Waals surface area contributed by atoms with E-state index >= 15 is 0 Å². The highest BCUT2D eigenvalue weighted by Crippen LogP contribution is 2.18. The van der Waals surface area contributed by atoms with Gasteiger partial charge in [0.15, 0.2) is 0 Å². The summed E-state index contributed by atoms with van der Waals surface area (Å²) in [5.74, 6) is 0.274. The van der Waals surface area contributed by atoms with Crippen molar-refractivity contribution in [3.8, 4) is 0 Å². The van der Waals surface area contributed by atoms with E-state index in [9.17, 15) is 4.79 Å². The molecule has 0 radical (unpaired) electrons. The van der Waals surface area contributed by atoms with Gasteiger partial charge in [-0.15, -0.1) is 0 Å². The maximum absolute atomic E-state index is 10.8. The second-order valence-electron chi connectivity index (χ2n) is 4.94. The van der Waals surface area contributed by atoms with Gasteiger partial charge in [-0.25, -0.2) is 0 Å². The van der Waals surface area contributed by atoms with E-state index in [0.29, 0.717) is 6.42 Å². The normalized spacial score (nSPS) is 10.8. The molecule has 0 aliphatic heterocycles. The van der Waals surface area contributed by atoms with Gasteiger partial charge in [-0.1, -0.05) is 42.5 Å². The fourth-order valence-electron chi connectivity index (χ4n) is 2.32. The molecule has 0 amide bonds. The Morgan fingerprint density at radius 1 is 1.05 bits per heavy atom. The zero-order chi connectivity index (χ0) is 13.5. The molecule has 0 spiro atoms. The Hall–Kier alpha value is -1.67. The van der Waals surface area contributed by atoms with Crippen LogP contribution >= 0.6 is 0 Å². The molecule has 0 aromatic heterocycles. The van der Waals surface area contributed by atoms with E-state index in [0.717, 1.165) is 25.9 Å². The Labute approximate surface area is 114 Å². The lowest BCUT2D eigenvalue weighted by Crippen LogP contribution is -2.19. The zero-order valence-corrected chi connectivity index (χ0v) is 11.5. The van der Waals surface area contributed by atoms with Gasteiger partial charge in [-0.2, -0.15) is 0 Å². The first kappa shape index (κ1) is 13.8. The average Bonchev–Trinajstić information content (AvgIpc) is 2.42. The summed E-state index contributed by atoms with van der Waals surface area (Å²) in [6, 6.07) is 15.0. The largest absolute Gasteiger partial charge is 0.316 e. The summed E-state index contributed by atoms with van der Waals surface area (Å²) < 4.78 is 0. The number of fused-ring (bicyclic) bond motifs is 1. The third-order valence-electron chi connectivity index (χ3n) is 3.33. The Morgan fingerprint density at radius 3 is 2.68 bits per heavy atom. The highest BCUT2D eigenvalue weighted by atomic mass is 16.1. The summed E-state index contributed by atoms with van der Waals surface area (Å²) in [6.07, 6.45) is 2.65. The Balaban J connectivity index is 1.83. The van der Waals surface area contributed by atoms with Crippen molar-refractivity contribution >= 4 is 16.6 Å². The minimum Gasteiger partial charge on any atom is -0.316 e. The lowest BCUT2D eigenvalue weighted by molar-refractivity contribution is -0.117. The molecule has 1 N–H and O–H groups in total. The molecule has 2 heteroatoms. The van der Waals surface area contributed by atoms with E-state index in [1.165, 1.54) is 16.3 Å². The number of benzene rings is 2. The minimum atomic E-state index is 0.274. The van der Waals surface area contributed by atoms with Crippen LogP contribution in [0.25, 0.3) is 10.8 Å². The van der Waals surface area contributed by atoms with E-state index in [1.807, 2.05) is 0 Å². The van der Waals surface area contributed by atoms with Crippen molar-refractivity contribution in [2.45, 2.75) is 26.2 Å². The highest BCUT2D eigenvalue weighted by molar-refractivity contribution is 5.85. The second-order valence-corrected chi connectivity index (χ2v) is 4.94. The molecular weight excluding hydrogens is 234 g/mol. The van der Waals surface area contributed by atoms with Crippen molar-refractivity contribution in [1.29, 1.82) is 0 Å². The van der Waals surface area contributed by atoms with Gasteiger partial charge in [0.25, 0.3) is 0 Å². The Morgan fingerprint density at radius 2 is 1.84 bits per heavy atom. The van der Waals surface area contributed by atoms with Crippen LogP contribution in [0.2, 0.25) is 0 Å². The van der Waals surface area contributed by atoms with E-state index in [2.05, 4.69) is 47.8 Å². The number of hydrogen-bond acceptors (Lipinski definition) is 2. The van der Waals surface area contributed by atoms with Crippen molar-refractivity contribution < 1.29 is 4.79 Å². The van der Waals surface area contributed by atoms with Gasteiger partial charge in [-0.3, -0.25) is 0 Å². The fraction of sp³-hybridized carbons (Fsp3) is 0.353. The first-order chi connectivity index (χ1) is 9.27. The molecule has 0 unspecified atom stereocenters. The number of ketones is 1. The molecular formula is C17H21NO. The Kier molecular flexibility index (Phi) is 5.10. The quantitative estimate of drug-likeness (QED) is 0.769. The number of rotatable bonds is 7. The van der Waals surface area contributed by atoms with Crippen molar-refractivity contribution in [2.24, 2.45) is 0 Å². The van der Waals surface area contributed by atoms with Gasteiger partial charge < -0.3 is 10.1 Å². The molecule has 0 fully saturated rings. The van der Waals surface area contributed by atoms with Crippen molar-refractivity contribution in [3.63, 3.8) is 0 Å². The van der Waals surface area contributed by atoms with Gasteiger partial charge in [0.2, 0.25) is 0 Å². The maximum atomic E-state index is 10.8. The molecule has 0 aliphatic carbocycles. The van der Waals surface area contributed by atoms with E-state index in [1.54, 1.807) is 6.92 Å².